The molecule has 3 aromatic rings. The van der Waals surface area contributed by atoms with Crippen LogP contribution in [0.3, 0.4) is 0 Å². The molecule has 1 aliphatic heterocycles. The molecule has 1 amide bonds. The van der Waals surface area contributed by atoms with Gasteiger partial charge in [0.1, 0.15) is 18.5 Å². The number of carboxylic acids is 1. The molecule has 0 radical (unpaired) electrons. The lowest BCUT2D eigenvalue weighted by Gasteiger charge is -2.25. The first-order valence-corrected chi connectivity index (χ1v) is 11.1. The fourth-order valence-corrected chi connectivity index (χ4v) is 5.21. The number of benzene rings is 3. The number of fused-ring (bicyclic) bond motifs is 3. The van der Waals surface area contributed by atoms with Crippen LogP contribution in [-0.4, -0.2) is 41.3 Å². The summed E-state index contributed by atoms with van der Waals surface area (Å²) >= 11 is 0. The van der Waals surface area contributed by atoms with E-state index in [0.717, 1.165) is 27.8 Å². The molecule has 1 fully saturated rings. The summed E-state index contributed by atoms with van der Waals surface area (Å²) in [5.41, 5.74) is 5.34. The summed E-state index contributed by atoms with van der Waals surface area (Å²) in [5, 5.41) is 9.86. The molecule has 0 saturated carbocycles. The van der Waals surface area contributed by atoms with Crippen LogP contribution < -0.4 is 0 Å². The Morgan fingerprint density at radius 1 is 0.939 bits per heavy atom. The van der Waals surface area contributed by atoms with Crippen LogP contribution in [0.1, 0.15) is 29.0 Å². The van der Waals surface area contributed by atoms with Crippen molar-refractivity contribution in [2.24, 2.45) is 5.92 Å². The van der Waals surface area contributed by atoms with Crippen molar-refractivity contribution < 1.29 is 23.8 Å². The Bertz CT molecular complexity index is 1150. The molecule has 3 aromatic carbocycles. The fourth-order valence-electron chi connectivity index (χ4n) is 5.21. The summed E-state index contributed by atoms with van der Waals surface area (Å²) in [5.74, 6) is -1.72. The van der Waals surface area contributed by atoms with Crippen molar-refractivity contribution in [1.82, 2.24) is 4.90 Å². The van der Waals surface area contributed by atoms with Crippen LogP contribution in [0, 0.1) is 11.7 Å². The molecular formula is C27H24FNO4. The SMILES string of the molecule is O=C(O)[C@H]1[C@@H](Cc2ccc(F)cc2)CCN1C(=O)OCC1c2ccccc2-c2ccccc21. The second kappa shape index (κ2) is 8.70. The Labute approximate surface area is 191 Å². The Morgan fingerprint density at radius 3 is 2.15 bits per heavy atom. The molecule has 2 atom stereocenters. The van der Waals surface area contributed by atoms with E-state index >= 15 is 0 Å². The molecule has 0 unspecified atom stereocenters. The van der Waals surface area contributed by atoms with Crippen LogP contribution >= 0.6 is 0 Å². The Kier molecular flexibility index (Phi) is 5.58. The Morgan fingerprint density at radius 2 is 1.55 bits per heavy atom. The second-order valence-electron chi connectivity index (χ2n) is 8.66. The lowest BCUT2D eigenvalue weighted by molar-refractivity contribution is -0.143. The molecule has 1 saturated heterocycles. The van der Waals surface area contributed by atoms with Crippen LogP contribution in [0.15, 0.2) is 72.8 Å². The van der Waals surface area contributed by atoms with Gasteiger partial charge in [-0.3, -0.25) is 4.90 Å². The number of rotatable bonds is 5. The minimum absolute atomic E-state index is 0.0813. The molecule has 1 heterocycles. The van der Waals surface area contributed by atoms with Gasteiger partial charge in [0.2, 0.25) is 0 Å². The number of carboxylic acid groups (broad SMARTS) is 1. The minimum atomic E-state index is -1.05. The average molecular weight is 445 g/mol. The number of hydrogen-bond donors (Lipinski definition) is 1. The summed E-state index contributed by atoms with van der Waals surface area (Å²) in [6, 6.07) is 21.2. The van der Waals surface area contributed by atoms with E-state index in [0.29, 0.717) is 19.4 Å². The number of nitrogens with zero attached hydrogens (tertiary/aromatic N) is 1. The monoisotopic (exact) mass is 445 g/mol. The van der Waals surface area contributed by atoms with Crippen molar-refractivity contribution in [3.63, 3.8) is 0 Å². The third-order valence-electron chi connectivity index (χ3n) is 6.76. The highest BCUT2D eigenvalue weighted by Gasteiger charge is 2.43. The van der Waals surface area contributed by atoms with Crippen molar-refractivity contribution in [2.75, 3.05) is 13.2 Å². The Hall–Kier alpha value is -3.67. The van der Waals surface area contributed by atoms with Gasteiger partial charge >= 0.3 is 12.1 Å². The zero-order valence-electron chi connectivity index (χ0n) is 18.0. The smallest absolute Gasteiger partial charge is 0.410 e. The maximum Gasteiger partial charge on any atom is 0.410 e. The van der Waals surface area contributed by atoms with Gasteiger partial charge in [0.25, 0.3) is 0 Å². The lowest BCUT2D eigenvalue weighted by atomic mass is 9.92. The van der Waals surface area contributed by atoms with E-state index in [4.69, 9.17) is 4.74 Å². The molecule has 0 spiro atoms. The number of likely N-dealkylation sites (tertiary alicyclic amines) is 1. The van der Waals surface area contributed by atoms with Crippen molar-refractivity contribution in [3.05, 3.63) is 95.3 Å². The Balaban J connectivity index is 1.30. The average Bonchev–Trinajstić information content (AvgIpc) is 3.38. The lowest BCUT2D eigenvalue weighted by Crippen LogP contribution is -2.44. The fraction of sp³-hybridized carbons (Fsp3) is 0.259. The third-order valence-corrected chi connectivity index (χ3v) is 6.76. The van der Waals surface area contributed by atoms with Gasteiger partial charge in [0, 0.05) is 12.5 Å². The first kappa shape index (κ1) is 21.2. The van der Waals surface area contributed by atoms with Gasteiger partial charge in [-0.15, -0.1) is 0 Å². The van der Waals surface area contributed by atoms with E-state index in [1.807, 2.05) is 36.4 Å². The van der Waals surface area contributed by atoms with Crippen LogP contribution in [0.5, 0.6) is 0 Å². The predicted octanol–water partition coefficient (Wildman–Crippen LogP) is 5.09. The standard InChI is InChI=1S/C27H24FNO4/c28-19-11-9-17(10-12-19)15-18-13-14-29(25(18)26(30)31)27(32)33-16-24-22-7-3-1-5-20(22)21-6-2-4-8-23(21)24/h1-12,18,24-25H,13-16H2,(H,30,31)/t18-,25-/m1/s1. The predicted molar refractivity (Wildman–Crippen MR) is 121 cm³/mol. The van der Waals surface area contributed by atoms with Gasteiger partial charge in [0.15, 0.2) is 0 Å². The number of aliphatic carboxylic acids is 1. The van der Waals surface area contributed by atoms with Gasteiger partial charge in [0.05, 0.1) is 0 Å². The van der Waals surface area contributed by atoms with Gasteiger partial charge in [-0.2, -0.15) is 0 Å². The van der Waals surface area contributed by atoms with E-state index in [9.17, 15) is 19.1 Å². The topological polar surface area (TPSA) is 66.8 Å². The molecule has 5 rings (SSSR count). The van der Waals surface area contributed by atoms with Gasteiger partial charge in [-0.1, -0.05) is 60.7 Å². The van der Waals surface area contributed by atoms with E-state index in [1.165, 1.54) is 17.0 Å². The summed E-state index contributed by atoms with van der Waals surface area (Å²) in [4.78, 5) is 26.3. The molecule has 168 valence electrons. The highest BCUT2D eigenvalue weighted by molar-refractivity contribution is 5.82. The normalized spacial score (nSPS) is 19.2. The minimum Gasteiger partial charge on any atom is -0.480 e. The maximum atomic E-state index is 13.2. The molecule has 0 bridgehead atoms. The van der Waals surface area contributed by atoms with Crippen LogP contribution in [-0.2, 0) is 16.0 Å². The van der Waals surface area contributed by atoms with Crippen LogP contribution in [0.25, 0.3) is 11.1 Å². The number of hydrogen-bond acceptors (Lipinski definition) is 3. The molecule has 5 nitrogen and oxygen atoms in total. The van der Waals surface area contributed by atoms with Crippen LogP contribution in [0.4, 0.5) is 9.18 Å². The number of carbonyl (C=O) groups excluding carboxylic acids is 1. The molecule has 1 N–H and O–H groups in total. The summed E-state index contributed by atoms with van der Waals surface area (Å²) in [6.07, 6.45) is 0.411. The van der Waals surface area contributed by atoms with Crippen molar-refractivity contribution >= 4 is 12.1 Å². The highest BCUT2D eigenvalue weighted by Crippen LogP contribution is 2.44. The highest BCUT2D eigenvalue weighted by atomic mass is 19.1. The van der Waals surface area contributed by atoms with Gasteiger partial charge in [-0.05, 0) is 58.7 Å². The summed E-state index contributed by atoms with van der Waals surface area (Å²) < 4.78 is 18.9. The molecule has 33 heavy (non-hydrogen) atoms. The number of ether oxygens (including phenoxy) is 1. The molecule has 0 aromatic heterocycles. The van der Waals surface area contributed by atoms with Crippen molar-refractivity contribution in [2.45, 2.75) is 24.8 Å². The van der Waals surface area contributed by atoms with E-state index in [1.54, 1.807) is 12.1 Å². The zero-order chi connectivity index (χ0) is 22.9. The zero-order valence-corrected chi connectivity index (χ0v) is 18.0. The summed E-state index contributed by atoms with van der Waals surface area (Å²) in [7, 11) is 0. The molecule has 6 heteroatoms. The first-order chi connectivity index (χ1) is 16.0. The molecular weight excluding hydrogens is 421 g/mol. The third kappa shape index (κ3) is 3.97. The summed E-state index contributed by atoms with van der Waals surface area (Å²) in [6.45, 7) is 0.470. The van der Waals surface area contributed by atoms with E-state index in [2.05, 4.69) is 12.1 Å². The quantitative estimate of drug-likeness (QED) is 0.594. The van der Waals surface area contributed by atoms with Gasteiger partial charge < -0.3 is 9.84 Å². The van der Waals surface area contributed by atoms with Crippen molar-refractivity contribution in [3.8, 4) is 11.1 Å². The van der Waals surface area contributed by atoms with Crippen molar-refractivity contribution in [1.29, 1.82) is 0 Å². The maximum absolute atomic E-state index is 13.2. The number of carbonyl (C=O) groups is 2. The van der Waals surface area contributed by atoms with E-state index < -0.39 is 18.1 Å². The molecule has 1 aliphatic carbocycles. The van der Waals surface area contributed by atoms with Crippen LogP contribution in [0.2, 0.25) is 0 Å². The first-order valence-electron chi connectivity index (χ1n) is 11.1. The largest absolute Gasteiger partial charge is 0.480 e. The number of amides is 1. The van der Waals surface area contributed by atoms with Gasteiger partial charge in [-0.25, -0.2) is 14.0 Å². The second-order valence-corrected chi connectivity index (χ2v) is 8.66. The van der Waals surface area contributed by atoms with E-state index in [-0.39, 0.29) is 24.3 Å². The molecule has 2 aliphatic rings. The number of halogens is 1.